The summed E-state index contributed by atoms with van der Waals surface area (Å²) in [5.74, 6) is -1.20. The molecule has 108 valence electrons. The van der Waals surface area contributed by atoms with E-state index in [-0.39, 0.29) is 24.8 Å². The van der Waals surface area contributed by atoms with Crippen LogP contribution in [0.2, 0.25) is 0 Å². The Morgan fingerprint density at radius 2 is 1.75 bits per heavy atom. The van der Waals surface area contributed by atoms with Gasteiger partial charge in [0.25, 0.3) is 5.91 Å². The maximum atomic E-state index is 11.7. The molecule has 0 fully saturated rings. The summed E-state index contributed by atoms with van der Waals surface area (Å²) in [6, 6.07) is 5.97. The van der Waals surface area contributed by atoms with Gasteiger partial charge in [-0.3, -0.25) is 14.4 Å². The van der Waals surface area contributed by atoms with Crippen LogP contribution in [0.5, 0.6) is 0 Å². The minimum Gasteiger partial charge on any atom is -0.466 e. The van der Waals surface area contributed by atoms with Gasteiger partial charge in [0, 0.05) is 17.7 Å². The van der Waals surface area contributed by atoms with Crippen molar-refractivity contribution in [1.29, 1.82) is 0 Å². The van der Waals surface area contributed by atoms with Gasteiger partial charge in [0.2, 0.25) is 5.91 Å². The Labute approximate surface area is 117 Å². The fraction of sp³-hybridized carbons (Fsp3) is 0.357. The van der Waals surface area contributed by atoms with E-state index in [2.05, 4.69) is 5.32 Å². The van der Waals surface area contributed by atoms with E-state index < -0.39 is 5.91 Å². The molecule has 0 aromatic heterocycles. The minimum absolute atomic E-state index is 0.130. The van der Waals surface area contributed by atoms with E-state index in [9.17, 15) is 14.4 Å². The number of nitrogens with two attached hydrogens (primary N) is 1. The van der Waals surface area contributed by atoms with Gasteiger partial charge in [-0.2, -0.15) is 0 Å². The molecule has 1 aromatic rings. The largest absolute Gasteiger partial charge is 0.466 e. The normalized spacial score (nSPS) is 9.85. The lowest BCUT2D eigenvalue weighted by molar-refractivity contribution is -0.143. The molecule has 0 saturated heterocycles. The van der Waals surface area contributed by atoms with E-state index in [1.54, 1.807) is 0 Å². The zero-order valence-corrected chi connectivity index (χ0v) is 11.3. The quantitative estimate of drug-likeness (QED) is 0.722. The van der Waals surface area contributed by atoms with Crippen LogP contribution >= 0.6 is 0 Å². The molecule has 6 nitrogen and oxygen atoms in total. The van der Waals surface area contributed by atoms with Gasteiger partial charge in [-0.1, -0.05) is 6.92 Å². The molecule has 0 bridgehead atoms. The molecule has 6 heteroatoms. The van der Waals surface area contributed by atoms with Crippen molar-refractivity contribution < 1.29 is 19.1 Å². The van der Waals surface area contributed by atoms with Crippen LogP contribution in [0.4, 0.5) is 0 Å². The second kappa shape index (κ2) is 7.93. The highest BCUT2D eigenvalue weighted by Crippen LogP contribution is 2.03. The number of amides is 2. The van der Waals surface area contributed by atoms with Crippen molar-refractivity contribution >= 4 is 17.8 Å². The van der Waals surface area contributed by atoms with Crippen LogP contribution in [-0.2, 0) is 9.53 Å². The standard InChI is InChI=1S/C14H18N2O4/c1-2-9-20-12(17)7-8-16-14(19)11-5-3-10(4-6-11)13(15)18/h3-6H,2,7-9H2,1H3,(H2,15,18)(H,16,19). The molecular formula is C14H18N2O4. The van der Waals surface area contributed by atoms with Crippen molar-refractivity contribution in [1.82, 2.24) is 5.32 Å². The monoisotopic (exact) mass is 278 g/mol. The average Bonchev–Trinajstić information content (AvgIpc) is 2.45. The first-order valence-corrected chi connectivity index (χ1v) is 6.38. The molecule has 3 N–H and O–H groups in total. The van der Waals surface area contributed by atoms with Gasteiger partial charge in [-0.15, -0.1) is 0 Å². The molecule has 0 saturated carbocycles. The van der Waals surface area contributed by atoms with Crippen molar-refractivity contribution in [3.05, 3.63) is 35.4 Å². The smallest absolute Gasteiger partial charge is 0.307 e. The number of primary amides is 1. The summed E-state index contributed by atoms with van der Waals surface area (Å²) < 4.78 is 4.88. The van der Waals surface area contributed by atoms with Crippen LogP contribution < -0.4 is 11.1 Å². The van der Waals surface area contributed by atoms with E-state index in [1.807, 2.05) is 6.92 Å². The Bertz CT molecular complexity index is 482. The summed E-state index contributed by atoms with van der Waals surface area (Å²) in [7, 11) is 0. The average molecular weight is 278 g/mol. The molecule has 2 amide bonds. The SMILES string of the molecule is CCCOC(=O)CCNC(=O)c1ccc(C(N)=O)cc1. The molecule has 1 rings (SSSR count). The van der Waals surface area contributed by atoms with Crippen molar-refractivity contribution in [3.8, 4) is 0 Å². The molecule has 0 aliphatic carbocycles. The summed E-state index contributed by atoms with van der Waals surface area (Å²) in [4.78, 5) is 33.8. The first-order chi connectivity index (χ1) is 9.54. The Morgan fingerprint density at radius 1 is 1.15 bits per heavy atom. The molecule has 0 radical (unpaired) electrons. The molecule has 1 aromatic carbocycles. The lowest BCUT2D eigenvalue weighted by atomic mass is 10.1. The lowest BCUT2D eigenvalue weighted by Crippen LogP contribution is -2.26. The summed E-state index contributed by atoms with van der Waals surface area (Å²) in [6.07, 6.45) is 0.898. The number of ether oxygens (including phenoxy) is 1. The third kappa shape index (κ3) is 5.09. The van der Waals surface area contributed by atoms with Crippen molar-refractivity contribution in [3.63, 3.8) is 0 Å². The third-order valence-corrected chi connectivity index (χ3v) is 2.51. The van der Waals surface area contributed by atoms with Crippen molar-refractivity contribution in [2.75, 3.05) is 13.2 Å². The Hall–Kier alpha value is -2.37. The van der Waals surface area contributed by atoms with Gasteiger partial charge < -0.3 is 15.8 Å². The molecule has 0 aliphatic rings. The van der Waals surface area contributed by atoms with Gasteiger partial charge >= 0.3 is 5.97 Å². The fourth-order valence-corrected chi connectivity index (χ4v) is 1.45. The van der Waals surface area contributed by atoms with Crippen LogP contribution in [0.15, 0.2) is 24.3 Å². The lowest BCUT2D eigenvalue weighted by Gasteiger charge is -2.06. The number of rotatable bonds is 7. The highest BCUT2D eigenvalue weighted by atomic mass is 16.5. The zero-order valence-electron chi connectivity index (χ0n) is 11.3. The van der Waals surface area contributed by atoms with Crippen LogP contribution in [-0.4, -0.2) is 30.9 Å². The highest BCUT2D eigenvalue weighted by molar-refractivity contribution is 5.97. The van der Waals surface area contributed by atoms with Gasteiger partial charge in [0.15, 0.2) is 0 Å². The van der Waals surface area contributed by atoms with Crippen LogP contribution in [0.1, 0.15) is 40.5 Å². The maximum Gasteiger partial charge on any atom is 0.307 e. The van der Waals surface area contributed by atoms with E-state index in [0.29, 0.717) is 17.7 Å². The molecule has 0 heterocycles. The van der Waals surface area contributed by atoms with Crippen LogP contribution in [0.25, 0.3) is 0 Å². The summed E-state index contributed by atoms with van der Waals surface area (Å²) >= 11 is 0. The first-order valence-electron chi connectivity index (χ1n) is 6.38. The van der Waals surface area contributed by atoms with Crippen LogP contribution in [0.3, 0.4) is 0 Å². The zero-order chi connectivity index (χ0) is 15.0. The number of benzene rings is 1. The van der Waals surface area contributed by atoms with Gasteiger partial charge in [0.05, 0.1) is 13.0 Å². The van der Waals surface area contributed by atoms with Crippen LogP contribution in [0, 0.1) is 0 Å². The third-order valence-electron chi connectivity index (χ3n) is 2.51. The molecule has 0 unspecified atom stereocenters. The van der Waals surface area contributed by atoms with E-state index in [0.717, 1.165) is 6.42 Å². The molecule has 0 atom stereocenters. The highest BCUT2D eigenvalue weighted by Gasteiger charge is 2.08. The number of hydrogen-bond donors (Lipinski definition) is 2. The summed E-state index contributed by atoms with van der Waals surface area (Å²) in [5.41, 5.74) is 5.84. The maximum absolute atomic E-state index is 11.7. The minimum atomic E-state index is -0.546. The predicted octanol–water partition coefficient (Wildman–Crippen LogP) is 0.859. The Kier molecular flexibility index (Phi) is 6.22. The van der Waals surface area contributed by atoms with Crippen molar-refractivity contribution in [2.24, 2.45) is 5.73 Å². The number of carbonyl (C=O) groups is 3. The van der Waals surface area contributed by atoms with Gasteiger partial charge in [-0.05, 0) is 30.7 Å². The number of nitrogens with one attached hydrogen (secondary N) is 1. The molecule has 20 heavy (non-hydrogen) atoms. The first kappa shape index (κ1) is 15.7. The Morgan fingerprint density at radius 3 is 2.30 bits per heavy atom. The van der Waals surface area contributed by atoms with Gasteiger partial charge in [-0.25, -0.2) is 0 Å². The van der Waals surface area contributed by atoms with E-state index in [1.165, 1.54) is 24.3 Å². The topological polar surface area (TPSA) is 98.5 Å². The Balaban J connectivity index is 2.39. The second-order valence-electron chi connectivity index (χ2n) is 4.17. The van der Waals surface area contributed by atoms with E-state index >= 15 is 0 Å². The van der Waals surface area contributed by atoms with Gasteiger partial charge in [0.1, 0.15) is 0 Å². The predicted molar refractivity (Wildman–Crippen MR) is 73.2 cm³/mol. The molecule has 0 spiro atoms. The number of hydrogen-bond acceptors (Lipinski definition) is 4. The summed E-state index contributed by atoms with van der Waals surface area (Å²) in [6.45, 7) is 2.51. The van der Waals surface area contributed by atoms with E-state index in [4.69, 9.17) is 10.5 Å². The fourth-order valence-electron chi connectivity index (χ4n) is 1.45. The number of carbonyl (C=O) groups excluding carboxylic acids is 3. The second-order valence-corrected chi connectivity index (χ2v) is 4.17. The number of esters is 1. The van der Waals surface area contributed by atoms with Crippen molar-refractivity contribution in [2.45, 2.75) is 19.8 Å². The molecule has 0 aliphatic heterocycles. The summed E-state index contributed by atoms with van der Waals surface area (Å²) in [5, 5.41) is 2.60. The molecular weight excluding hydrogens is 260 g/mol.